The fourth-order valence-corrected chi connectivity index (χ4v) is 4.09. The Morgan fingerprint density at radius 1 is 1.14 bits per heavy atom. The molecule has 5 nitrogen and oxygen atoms in total. The van der Waals surface area contributed by atoms with Gasteiger partial charge in [0.2, 0.25) is 5.13 Å². The lowest BCUT2D eigenvalue weighted by atomic mass is 10.1. The maximum absolute atomic E-state index is 13.3. The number of aromatic amines is 1. The number of nitrogens with one attached hydrogen (secondary N) is 1. The van der Waals surface area contributed by atoms with Gasteiger partial charge in [0.05, 0.1) is 21.5 Å². The molecule has 0 radical (unpaired) electrons. The predicted molar refractivity (Wildman–Crippen MR) is 117 cm³/mol. The zero-order valence-corrected chi connectivity index (χ0v) is 16.8. The van der Waals surface area contributed by atoms with Crippen LogP contribution >= 0.6 is 11.3 Å². The van der Waals surface area contributed by atoms with Crippen LogP contribution in [-0.2, 0) is 0 Å². The van der Waals surface area contributed by atoms with E-state index in [2.05, 4.69) is 22.0 Å². The summed E-state index contributed by atoms with van der Waals surface area (Å²) in [6.07, 6.45) is 2.08. The zero-order valence-electron chi connectivity index (χ0n) is 16.0. The van der Waals surface area contributed by atoms with Crippen LogP contribution in [0, 0.1) is 0 Å². The van der Waals surface area contributed by atoms with Crippen LogP contribution < -0.4 is 5.56 Å². The normalized spacial score (nSPS) is 12.0. The van der Waals surface area contributed by atoms with E-state index in [1.807, 2.05) is 61.5 Å². The number of hydrogen-bond acceptors (Lipinski definition) is 4. The van der Waals surface area contributed by atoms with Crippen molar-refractivity contribution >= 4 is 27.3 Å². The molecule has 1 N–H and O–H groups in total. The molecule has 0 unspecified atom stereocenters. The Hall–Kier alpha value is -2.99. The number of benzene rings is 2. The summed E-state index contributed by atoms with van der Waals surface area (Å²) in [6, 6.07) is 17.8. The summed E-state index contributed by atoms with van der Waals surface area (Å²) in [5.41, 5.74) is 3.88. The summed E-state index contributed by atoms with van der Waals surface area (Å²) in [7, 11) is 0. The summed E-state index contributed by atoms with van der Waals surface area (Å²) < 4.78 is 2.59. The minimum absolute atomic E-state index is 0.115. The first-order chi connectivity index (χ1) is 13.7. The van der Waals surface area contributed by atoms with E-state index in [4.69, 9.17) is 0 Å². The molecule has 2 aromatic carbocycles. The first kappa shape index (κ1) is 18.4. The molecule has 0 saturated carbocycles. The van der Waals surface area contributed by atoms with Crippen LogP contribution in [-0.4, -0.2) is 27.0 Å². The van der Waals surface area contributed by atoms with E-state index in [-0.39, 0.29) is 5.56 Å². The van der Waals surface area contributed by atoms with Gasteiger partial charge in [0.25, 0.3) is 5.56 Å². The van der Waals surface area contributed by atoms with Crippen molar-refractivity contribution in [3.05, 3.63) is 70.5 Å². The van der Waals surface area contributed by atoms with E-state index in [1.54, 1.807) is 4.68 Å². The smallest absolute Gasteiger partial charge is 0.283 e. The molecule has 0 spiro atoms. The predicted octanol–water partition coefficient (Wildman–Crippen LogP) is 5.05. The molecular weight excluding hydrogens is 368 g/mol. The van der Waals surface area contributed by atoms with Gasteiger partial charge in [-0.25, -0.2) is 4.98 Å². The summed E-state index contributed by atoms with van der Waals surface area (Å²) in [5.74, 6) is 0. The number of thiazole rings is 1. The van der Waals surface area contributed by atoms with Gasteiger partial charge in [-0.2, -0.15) is 4.68 Å². The standard InChI is InChI=1S/C22H22N4OS/c1-3-4-14-23-15(2)19-20(16-10-6-5-7-11-16)25-26(21(19)27)22-24-17-12-8-9-13-18(17)28-22/h5-13,25H,3-4,14H2,1-2H3. The Morgan fingerprint density at radius 2 is 1.89 bits per heavy atom. The van der Waals surface area contributed by atoms with Gasteiger partial charge >= 0.3 is 0 Å². The van der Waals surface area contributed by atoms with Gasteiger partial charge in [-0.05, 0) is 25.5 Å². The number of fused-ring (bicyclic) bond motifs is 1. The molecule has 6 heteroatoms. The highest BCUT2D eigenvalue weighted by Crippen LogP contribution is 2.26. The van der Waals surface area contributed by atoms with E-state index in [1.165, 1.54) is 11.3 Å². The van der Waals surface area contributed by atoms with Crippen LogP contribution in [0.15, 0.2) is 64.4 Å². The lowest BCUT2D eigenvalue weighted by molar-refractivity contribution is 0.807. The van der Waals surface area contributed by atoms with E-state index in [0.717, 1.165) is 46.6 Å². The third kappa shape index (κ3) is 3.43. The molecule has 0 fully saturated rings. The Bertz CT molecular complexity index is 1150. The molecule has 0 aliphatic rings. The maximum Gasteiger partial charge on any atom is 0.283 e. The van der Waals surface area contributed by atoms with Crippen molar-refractivity contribution in [1.29, 1.82) is 0 Å². The second-order valence-corrected chi connectivity index (χ2v) is 7.66. The molecule has 0 aliphatic heterocycles. The second kappa shape index (κ2) is 7.94. The van der Waals surface area contributed by atoms with Gasteiger partial charge in [-0.3, -0.25) is 14.9 Å². The van der Waals surface area contributed by atoms with Gasteiger partial charge in [0.1, 0.15) is 0 Å². The van der Waals surface area contributed by atoms with E-state index in [0.29, 0.717) is 10.7 Å². The number of aliphatic imine (C=N–C) groups is 1. The minimum atomic E-state index is -0.115. The number of rotatable bonds is 6. The van der Waals surface area contributed by atoms with Crippen LogP contribution in [0.25, 0.3) is 26.6 Å². The van der Waals surface area contributed by atoms with Crippen molar-refractivity contribution in [1.82, 2.24) is 14.8 Å². The van der Waals surface area contributed by atoms with Gasteiger partial charge in [0.15, 0.2) is 0 Å². The molecule has 0 amide bonds. The molecule has 2 heterocycles. The quantitative estimate of drug-likeness (QED) is 0.370. The highest BCUT2D eigenvalue weighted by Gasteiger charge is 2.20. The molecule has 2 aromatic heterocycles. The summed E-state index contributed by atoms with van der Waals surface area (Å²) in [6.45, 7) is 4.77. The largest absolute Gasteiger partial charge is 0.289 e. The van der Waals surface area contributed by atoms with E-state index >= 15 is 0 Å². The fraction of sp³-hybridized carbons (Fsp3) is 0.227. The van der Waals surface area contributed by atoms with Crippen LogP contribution in [0.4, 0.5) is 0 Å². The van der Waals surface area contributed by atoms with Crippen LogP contribution in [0.5, 0.6) is 0 Å². The Morgan fingerprint density at radius 3 is 2.64 bits per heavy atom. The zero-order chi connectivity index (χ0) is 19.5. The van der Waals surface area contributed by atoms with Crippen molar-refractivity contribution in [2.24, 2.45) is 4.99 Å². The number of nitrogens with zero attached hydrogens (tertiary/aromatic N) is 3. The second-order valence-electron chi connectivity index (χ2n) is 6.65. The lowest BCUT2D eigenvalue weighted by Gasteiger charge is -2.02. The van der Waals surface area contributed by atoms with E-state index in [9.17, 15) is 4.79 Å². The first-order valence-corrected chi connectivity index (χ1v) is 10.3. The van der Waals surface area contributed by atoms with Gasteiger partial charge < -0.3 is 0 Å². The SMILES string of the molecule is CCCCN=C(C)c1c(-c2ccccc2)[nH]n(-c2nc3ccccc3s2)c1=O. The Labute approximate surface area is 167 Å². The highest BCUT2D eigenvalue weighted by molar-refractivity contribution is 7.20. The average molecular weight is 391 g/mol. The summed E-state index contributed by atoms with van der Waals surface area (Å²) in [5, 5.41) is 3.92. The molecule has 0 aliphatic carbocycles. The Balaban J connectivity index is 1.89. The third-order valence-electron chi connectivity index (χ3n) is 4.65. The Kier molecular flexibility index (Phi) is 5.21. The van der Waals surface area contributed by atoms with Crippen LogP contribution in [0.3, 0.4) is 0 Å². The van der Waals surface area contributed by atoms with Gasteiger partial charge in [-0.1, -0.05) is 67.1 Å². The van der Waals surface area contributed by atoms with E-state index < -0.39 is 0 Å². The molecule has 0 saturated heterocycles. The highest BCUT2D eigenvalue weighted by atomic mass is 32.1. The maximum atomic E-state index is 13.3. The number of unbranched alkanes of at least 4 members (excludes halogenated alkanes) is 1. The third-order valence-corrected chi connectivity index (χ3v) is 5.67. The van der Waals surface area contributed by atoms with Crippen molar-refractivity contribution in [2.45, 2.75) is 26.7 Å². The molecule has 4 aromatic rings. The lowest BCUT2D eigenvalue weighted by Crippen LogP contribution is -2.19. The number of aromatic nitrogens is 3. The summed E-state index contributed by atoms with van der Waals surface area (Å²) in [4.78, 5) is 22.6. The summed E-state index contributed by atoms with van der Waals surface area (Å²) >= 11 is 1.50. The molecular formula is C22H22N4OS. The van der Waals surface area contributed by atoms with Gasteiger partial charge in [-0.15, -0.1) is 0 Å². The number of hydrogen-bond donors (Lipinski definition) is 1. The van der Waals surface area contributed by atoms with Crippen molar-refractivity contribution < 1.29 is 0 Å². The monoisotopic (exact) mass is 390 g/mol. The number of para-hydroxylation sites is 1. The molecule has 28 heavy (non-hydrogen) atoms. The fourth-order valence-electron chi connectivity index (χ4n) is 3.16. The van der Waals surface area contributed by atoms with Crippen molar-refractivity contribution in [3.8, 4) is 16.4 Å². The average Bonchev–Trinajstić information content (AvgIpc) is 3.29. The molecule has 4 rings (SSSR count). The molecule has 142 valence electrons. The van der Waals surface area contributed by atoms with Crippen LogP contribution in [0.1, 0.15) is 32.3 Å². The first-order valence-electron chi connectivity index (χ1n) is 9.47. The van der Waals surface area contributed by atoms with Gasteiger partial charge in [0, 0.05) is 17.8 Å². The van der Waals surface area contributed by atoms with Crippen molar-refractivity contribution in [3.63, 3.8) is 0 Å². The molecule has 0 atom stereocenters. The topological polar surface area (TPSA) is 63.0 Å². The number of H-pyrrole nitrogens is 1. The van der Waals surface area contributed by atoms with Crippen molar-refractivity contribution in [2.75, 3.05) is 6.54 Å². The molecule has 0 bridgehead atoms. The van der Waals surface area contributed by atoms with Crippen LogP contribution in [0.2, 0.25) is 0 Å². The minimum Gasteiger partial charge on any atom is -0.289 e.